The molecule has 0 aliphatic heterocycles. The molecule has 0 bridgehead atoms. The second-order valence-electron chi connectivity index (χ2n) is 5.90. The molecule has 0 atom stereocenters. The summed E-state index contributed by atoms with van der Waals surface area (Å²) in [5.74, 6) is -0.281. The number of ether oxygens (including phenoxy) is 1. The maximum atomic E-state index is 11.7. The summed E-state index contributed by atoms with van der Waals surface area (Å²) >= 11 is 0. The lowest BCUT2D eigenvalue weighted by atomic mass is 9.91. The van der Waals surface area contributed by atoms with Gasteiger partial charge in [-0.1, -0.05) is 25.7 Å². The normalized spacial score (nSPS) is 21.2. The average molecular weight is 228 g/mol. The molecule has 1 aliphatic carbocycles. The Kier molecular flexibility index (Phi) is 4.36. The number of hydrogen-bond donors (Lipinski definition) is 1. The van der Waals surface area contributed by atoms with Gasteiger partial charge in [0.05, 0.1) is 12.0 Å². The maximum Gasteiger partial charge on any atom is 0.309 e. The second-order valence-corrected chi connectivity index (χ2v) is 5.90. The smallest absolute Gasteiger partial charge is 0.309 e. The predicted octanol–water partition coefficient (Wildman–Crippen LogP) is 2.80. The lowest BCUT2D eigenvalue weighted by Gasteiger charge is -2.27. The molecule has 0 saturated heterocycles. The first kappa shape index (κ1) is 13.5. The van der Waals surface area contributed by atoms with E-state index in [1.54, 1.807) is 0 Å². The van der Waals surface area contributed by atoms with Gasteiger partial charge in [-0.2, -0.15) is 0 Å². The van der Waals surface area contributed by atoms with E-state index in [9.17, 15) is 9.90 Å². The molecule has 0 heterocycles. The van der Waals surface area contributed by atoms with Crippen LogP contribution in [0, 0.1) is 0 Å². The average Bonchev–Trinajstić information content (AvgIpc) is 2.25. The Morgan fingerprint density at radius 1 is 1.19 bits per heavy atom. The summed E-state index contributed by atoms with van der Waals surface area (Å²) < 4.78 is 5.25. The van der Waals surface area contributed by atoms with Gasteiger partial charge in [-0.05, 0) is 33.6 Å². The van der Waals surface area contributed by atoms with Crippen LogP contribution in [-0.2, 0) is 9.53 Å². The molecule has 0 aromatic rings. The molecule has 3 heteroatoms. The molecule has 0 spiro atoms. The fourth-order valence-corrected chi connectivity index (χ4v) is 2.21. The van der Waals surface area contributed by atoms with E-state index in [4.69, 9.17) is 4.74 Å². The van der Waals surface area contributed by atoms with Gasteiger partial charge in [-0.25, -0.2) is 0 Å². The number of carbonyl (C=O) groups excluding carboxylic acids is 1. The second kappa shape index (κ2) is 5.17. The van der Waals surface area contributed by atoms with Gasteiger partial charge in [0, 0.05) is 0 Å². The van der Waals surface area contributed by atoms with E-state index in [1.165, 1.54) is 0 Å². The molecular formula is C13H24O3. The summed E-state index contributed by atoms with van der Waals surface area (Å²) in [4.78, 5) is 11.7. The molecule has 94 valence electrons. The molecular weight excluding hydrogens is 204 g/mol. The Balaban J connectivity index is 2.47. The van der Waals surface area contributed by atoms with Crippen molar-refractivity contribution in [3.63, 3.8) is 0 Å². The lowest BCUT2D eigenvalue weighted by molar-refractivity contribution is -0.160. The van der Waals surface area contributed by atoms with Crippen LogP contribution in [0.15, 0.2) is 0 Å². The van der Waals surface area contributed by atoms with E-state index in [0.717, 1.165) is 38.5 Å². The van der Waals surface area contributed by atoms with Crippen LogP contribution in [0.3, 0.4) is 0 Å². The SMILES string of the molecule is CC(C)(C)OC(=O)CC1(O)CCCCCC1. The van der Waals surface area contributed by atoms with E-state index < -0.39 is 11.2 Å². The van der Waals surface area contributed by atoms with Crippen molar-refractivity contribution in [3.05, 3.63) is 0 Å². The van der Waals surface area contributed by atoms with E-state index in [0.29, 0.717) is 0 Å². The van der Waals surface area contributed by atoms with Crippen LogP contribution in [0.4, 0.5) is 0 Å². The summed E-state index contributed by atoms with van der Waals surface area (Å²) in [6.45, 7) is 5.55. The highest BCUT2D eigenvalue weighted by atomic mass is 16.6. The zero-order valence-corrected chi connectivity index (χ0v) is 10.7. The topological polar surface area (TPSA) is 46.5 Å². The Labute approximate surface area is 98.2 Å². The highest BCUT2D eigenvalue weighted by Crippen LogP contribution is 2.30. The monoisotopic (exact) mass is 228 g/mol. The van der Waals surface area contributed by atoms with Crippen LogP contribution < -0.4 is 0 Å². The van der Waals surface area contributed by atoms with Crippen molar-refractivity contribution < 1.29 is 14.6 Å². The summed E-state index contributed by atoms with van der Waals surface area (Å²) in [7, 11) is 0. The lowest BCUT2D eigenvalue weighted by Crippen LogP contribution is -2.34. The number of hydrogen-bond acceptors (Lipinski definition) is 3. The Morgan fingerprint density at radius 2 is 1.69 bits per heavy atom. The van der Waals surface area contributed by atoms with Gasteiger partial charge < -0.3 is 9.84 Å². The molecule has 1 fully saturated rings. The third-order valence-electron chi connectivity index (χ3n) is 2.93. The van der Waals surface area contributed by atoms with Crippen LogP contribution in [-0.4, -0.2) is 22.3 Å². The fourth-order valence-electron chi connectivity index (χ4n) is 2.21. The first-order valence-electron chi connectivity index (χ1n) is 6.25. The quantitative estimate of drug-likeness (QED) is 0.584. The molecule has 0 unspecified atom stereocenters. The minimum Gasteiger partial charge on any atom is -0.460 e. The van der Waals surface area contributed by atoms with E-state index in [-0.39, 0.29) is 12.4 Å². The van der Waals surface area contributed by atoms with Crippen LogP contribution in [0.2, 0.25) is 0 Å². The van der Waals surface area contributed by atoms with Crippen molar-refractivity contribution in [2.45, 2.75) is 76.9 Å². The summed E-state index contributed by atoms with van der Waals surface area (Å²) in [5, 5.41) is 10.3. The third kappa shape index (κ3) is 4.97. The minimum absolute atomic E-state index is 0.143. The number of aliphatic hydroxyl groups is 1. The van der Waals surface area contributed by atoms with Crippen molar-refractivity contribution in [2.24, 2.45) is 0 Å². The van der Waals surface area contributed by atoms with Gasteiger partial charge in [0.25, 0.3) is 0 Å². The summed E-state index contributed by atoms with van der Waals surface area (Å²) in [6.07, 6.45) is 5.95. The Hall–Kier alpha value is -0.570. The molecule has 0 aromatic heterocycles. The van der Waals surface area contributed by atoms with E-state index in [1.807, 2.05) is 20.8 Å². The van der Waals surface area contributed by atoms with Crippen molar-refractivity contribution >= 4 is 5.97 Å². The van der Waals surface area contributed by atoms with Crippen molar-refractivity contribution in [1.82, 2.24) is 0 Å². The van der Waals surface area contributed by atoms with Gasteiger partial charge >= 0.3 is 5.97 Å². The van der Waals surface area contributed by atoms with Crippen LogP contribution in [0.5, 0.6) is 0 Å². The predicted molar refractivity (Wildman–Crippen MR) is 63.1 cm³/mol. The standard InChI is InChI=1S/C13H24O3/c1-12(2,3)16-11(14)10-13(15)8-6-4-5-7-9-13/h15H,4-10H2,1-3H3. The zero-order valence-electron chi connectivity index (χ0n) is 10.7. The molecule has 0 radical (unpaired) electrons. The highest BCUT2D eigenvalue weighted by molar-refractivity contribution is 5.71. The molecule has 16 heavy (non-hydrogen) atoms. The molecule has 1 rings (SSSR count). The molecule has 1 N–H and O–H groups in total. The highest BCUT2D eigenvalue weighted by Gasteiger charge is 2.32. The fraction of sp³-hybridized carbons (Fsp3) is 0.923. The maximum absolute atomic E-state index is 11.7. The van der Waals surface area contributed by atoms with Gasteiger partial charge in [-0.15, -0.1) is 0 Å². The molecule has 1 aliphatic rings. The number of esters is 1. The first-order valence-corrected chi connectivity index (χ1v) is 6.25. The van der Waals surface area contributed by atoms with Gasteiger partial charge in [0.2, 0.25) is 0 Å². The Bertz CT molecular complexity index is 232. The van der Waals surface area contributed by atoms with Crippen LogP contribution in [0.25, 0.3) is 0 Å². The van der Waals surface area contributed by atoms with Gasteiger partial charge in [0.15, 0.2) is 0 Å². The van der Waals surface area contributed by atoms with E-state index in [2.05, 4.69) is 0 Å². The molecule has 0 amide bonds. The molecule has 0 aromatic carbocycles. The van der Waals surface area contributed by atoms with Crippen molar-refractivity contribution in [1.29, 1.82) is 0 Å². The number of carbonyl (C=O) groups is 1. The van der Waals surface area contributed by atoms with Crippen molar-refractivity contribution in [3.8, 4) is 0 Å². The van der Waals surface area contributed by atoms with Gasteiger partial charge in [0.1, 0.15) is 5.60 Å². The largest absolute Gasteiger partial charge is 0.460 e. The van der Waals surface area contributed by atoms with E-state index >= 15 is 0 Å². The summed E-state index contributed by atoms with van der Waals surface area (Å²) in [6, 6.07) is 0. The number of rotatable bonds is 2. The van der Waals surface area contributed by atoms with Crippen molar-refractivity contribution in [2.75, 3.05) is 0 Å². The van der Waals surface area contributed by atoms with Gasteiger partial charge in [-0.3, -0.25) is 4.79 Å². The Morgan fingerprint density at radius 3 is 2.12 bits per heavy atom. The minimum atomic E-state index is -0.821. The third-order valence-corrected chi connectivity index (χ3v) is 2.93. The van der Waals surface area contributed by atoms with Crippen LogP contribution in [0.1, 0.15) is 65.7 Å². The molecule has 1 saturated carbocycles. The summed E-state index contributed by atoms with van der Waals surface area (Å²) in [5.41, 5.74) is -1.28. The first-order chi connectivity index (χ1) is 7.31. The molecule has 3 nitrogen and oxygen atoms in total. The zero-order chi connectivity index (χ0) is 12.2. The van der Waals surface area contributed by atoms with Crippen LogP contribution >= 0.6 is 0 Å².